The van der Waals surface area contributed by atoms with Gasteiger partial charge in [-0.05, 0) is 56.4 Å². The summed E-state index contributed by atoms with van der Waals surface area (Å²) >= 11 is 0. The molecule has 0 radical (unpaired) electrons. The molecule has 2 aromatic carbocycles. The first-order valence-corrected chi connectivity index (χ1v) is 18.2. The molecule has 35 heavy (non-hydrogen) atoms. The first-order valence-electron chi connectivity index (χ1n) is 12.4. The maximum absolute atomic E-state index is 11.2. The molecule has 2 aromatic rings. The molecule has 0 aromatic heterocycles. The summed E-state index contributed by atoms with van der Waals surface area (Å²) in [5.41, 5.74) is 8.09. The van der Waals surface area contributed by atoms with Gasteiger partial charge in [-0.2, -0.15) is 0 Å². The molecule has 0 amide bonds. The summed E-state index contributed by atoms with van der Waals surface area (Å²) in [7, 11) is -9.34. The van der Waals surface area contributed by atoms with E-state index in [1.807, 2.05) is 76.7 Å². The van der Waals surface area contributed by atoms with E-state index >= 15 is 0 Å². The van der Waals surface area contributed by atoms with Gasteiger partial charge in [0.1, 0.15) is 0 Å². The van der Waals surface area contributed by atoms with Gasteiger partial charge in [0, 0.05) is 33.0 Å². The molecule has 0 bridgehead atoms. The summed E-state index contributed by atoms with van der Waals surface area (Å²) in [5, 5.41) is 2.30. The summed E-state index contributed by atoms with van der Waals surface area (Å²) in [4.78, 5) is 11.2. The van der Waals surface area contributed by atoms with Gasteiger partial charge in [0.15, 0.2) is 8.07 Å². The van der Waals surface area contributed by atoms with Gasteiger partial charge in [0.2, 0.25) is 0 Å². The average molecular weight is 533 g/mol. The summed E-state index contributed by atoms with van der Waals surface area (Å²) in [5.74, 6) is 0. The molecular formula is C26H40O6Si3. The largest absolute Gasteiger partial charge is 0.528 e. The van der Waals surface area contributed by atoms with Crippen LogP contribution in [0.25, 0.3) is 0 Å². The molecule has 2 rings (SSSR count). The number of hydrogen-bond acceptors (Lipinski definition) is 6. The highest BCUT2D eigenvalue weighted by Gasteiger charge is 2.42. The molecule has 0 aliphatic heterocycles. The fourth-order valence-corrected chi connectivity index (χ4v) is 13.2. The summed E-state index contributed by atoms with van der Waals surface area (Å²) in [6, 6.07) is 20.7. The van der Waals surface area contributed by atoms with Gasteiger partial charge in [-0.15, -0.1) is 0 Å². The van der Waals surface area contributed by atoms with E-state index < -0.39 is 25.7 Å². The van der Waals surface area contributed by atoms with Crippen LogP contribution in [0.15, 0.2) is 83.5 Å². The van der Waals surface area contributed by atoms with Crippen LogP contribution in [0.5, 0.6) is 0 Å². The standard InChI is InChI=1S/C26H40O6Si3/c1-6-28-34(27,29-7-2)23-21-33(25-17-13-11-14-18-25,26-19-15-12-16-20-26)22-24-35(30-8-3,31-9-4)32-10-5/h11-24,27H,6-10H2,1-5H3. The van der Waals surface area contributed by atoms with Crippen LogP contribution in [-0.2, 0) is 22.1 Å². The lowest BCUT2D eigenvalue weighted by molar-refractivity contribution is 0.0843. The second kappa shape index (κ2) is 14.8. The van der Waals surface area contributed by atoms with Gasteiger partial charge in [0.25, 0.3) is 0 Å². The molecule has 0 aliphatic rings. The van der Waals surface area contributed by atoms with Crippen LogP contribution in [0, 0.1) is 0 Å². The van der Waals surface area contributed by atoms with Gasteiger partial charge in [-0.3, -0.25) is 0 Å². The third kappa shape index (κ3) is 8.17. The van der Waals surface area contributed by atoms with Crippen LogP contribution in [0.2, 0.25) is 0 Å². The molecular weight excluding hydrogens is 493 g/mol. The first kappa shape index (κ1) is 29.6. The van der Waals surface area contributed by atoms with Crippen molar-refractivity contribution < 1.29 is 26.9 Å². The Labute approximate surface area is 213 Å². The molecule has 0 aliphatic carbocycles. The van der Waals surface area contributed by atoms with Gasteiger partial charge in [-0.1, -0.05) is 72.1 Å². The topological polar surface area (TPSA) is 66.4 Å². The molecule has 1 N–H and O–H groups in total. The lowest BCUT2D eigenvalue weighted by Gasteiger charge is -2.30. The minimum absolute atomic E-state index is 0.364. The molecule has 0 saturated heterocycles. The highest BCUT2D eigenvalue weighted by atomic mass is 28.4. The Kier molecular flexibility index (Phi) is 12.5. The maximum Gasteiger partial charge on any atom is 0.528 e. The molecule has 0 fully saturated rings. The minimum atomic E-state index is -3.51. The minimum Gasteiger partial charge on any atom is -0.387 e. The fraction of sp³-hybridized carbons (Fsp3) is 0.385. The SMILES string of the molecule is CCO[Si](O)(C=C[Si](C=C[Si](OCC)(OCC)OCC)(c1ccccc1)c1ccccc1)OCC. The van der Waals surface area contributed by atoms with Gasteiger partial charge in [0.05, 0.1) is 0 Å². The van der Waals surface area contributed by atoms with Crippen molar-refractivity contribution >= 4 is 36.1 Å². The van der Waals surface area contributed by atoms with Crippen LogP contribution in [0.4, 0.5) is 0 Å². The number of hydrogen-bond donors (Lipinski definition) is 1. The second-order valence-corrected chi connectivity index (χ2v) is 15.8. The Balaban J connectivity index is 2.79. The lowest BCUT2D eigenvalue weighted by Crippen LogP contribution is -2.57. The predicted molar refractivity (Wildman–Crippen MR) is 148 cm³/mol. The molecule has 0 unspecified atom stereocenters. The van der Waals surface area contributed by atoms with E-state index in [2.05, 4.69) is 35.7 Å². The van der Waals surface area contributed by atoms with E-state index in [-0.39, 0.29) is 0 Å². The number of benzene rings is 2. The highest BCUT2D eigenvalue weighted by Crippen LogP contribution is 2.18. The van der Waals surface area contributed by atoms with Crippen molar-refractivity contribution in [2.24, 2.45) is 0 Å². The van der Waals surface area contributed by atoms with Crippen LogP contribution in [-0.4, -0.2) is 63.5 Å². The van der Waals surface area contributed by atoms with Crippen molar-refractivity contribution in [1.29, 1.82) is 0 Å². The molecule has 0 saturated carbocycles. The van der Waals surface area contributed by atoms with Crippen molar-refractivity contribution in [3.8, 4) is 0 Å². The Morgan fingerprint density at radius 3 is 1.29 bits per heavy atom. The summed E-state index contributed by atoms with van der Waals surface area (Å²) < 4.78 is 29.8. The molecule has 9 heteroatoms. The highest BCUT2D eigenvalue weighted by molar-refractivity contribution is 7.10. The van der Waals surface area contributed by atoms with Crippen molar-refractivity contribution in [2.45, 2.75) is 34.6 Å². The lowest BCUT2D eigenvalue weighted by atomic mass is 10.4. The van der Waals surface area contributed by atoms with Crippen molar-refractivity contribution in [1.82, 2.24) is 0 Å². The third-order valence-corrected chi connectivity index (χ3v) is 14.6. The van der Waals surface area contributed by atoms with Crippen molar-refractivity contribution in [3.63, 3.8) is 0 Å². The molecule has 0 spiro atoms. The second-order valence-electron chi connectivity index (χ2n) is 7.67. The smallest absolute Gasteiger partial charge is 0.387 e. The number of rotatable bonds is 16. The summed E-state index contributed by atoms with van der Waals surface area (Å²) in [6.45, 7) is 11.7. The Hall–Kier alpha value is -1.67. The van der Waals surface area contributed by atoms with Crippen LogP contribution >= 0.6 is 0 Å². The zero-order valence-corrected chi connectivity index (χ0v) is 24.6. The Bertz CT molecular complexity index is 845. The fourth-order valence-electron chi connectivity index (χ4n) is 3.93. The monoisotopic (exact) mass is 532 g/mol. The molecule has 0 atom stereocenters. The van der Waals surface area contributed by atoms with E-state index in [9.17, 15) is 4.80 Å². The summed E-state index contributed by atoms with van der Waals surface area (Å²) in [6.07, 6.45) is 0. The normalized spacial score (nSPS) is 13.2. The zero-order chi connectivity index (χ0) is 25.6. The predicted octanol–water partition coefficient (Wildman–Crippen LogP) is 3.57. The van der Waals surface area contributed by atoms with E-state index in [0.29, 0.717) is 33.0 Å². The van der Waals surface area contributed by atoms with Gasteiger partial charge < -0.3 is 26.9 Å². The van der Waals surface area contributed by atoms with Gasteiger partial charge >= 0.3 is 17.6 Å². The zero-order valence-electron chi connectivity index (χ0n) is 21.6. The van der Waals surface area contributed by atoms with E-state index in [1.165, 1.54) is 0 Å². The van der Waals surface area contributed by atoms with Crippen LogP contribution < -0.4 is 10.4 Å². The Morgan fingerprint density at radius 1 is 0.543 bits per heavy atom. The van der Waals surface area contributed by atoms with Crippen molar-refractivity contribution in [3.05, 3.63) is 83.5 Å². The van der Waals surface area contributed by atoms with E-state index in [0.717, 1.165) is 10.4 Å². The van der Waals surface area contributed by atoms with Crippen LogP contribution in [0.3, 0.4) is 0 Å². The average Bonchev–Trinajstić information content (AvgIpc) is 2.86. The molecule has 0 heterocycles. The third-order valence-electron chi connectivity index (χ3n) is 5.35. The molecule has 6 nitrogen and oxygen atoms in total. The first-order chi connectivity index (χ1) is 16.9. The van der Waals surface area contributed by atoms with Crippen LogP contribution in [0.1, 0.15) is 34.6 Å². The van der Waals surface area contributed by atoms with Gasteiger partial charge in [-0.25, -0.2) is 0 Å². The van der Waals surface area contributed by atoms with E-state index in [1.54, 1.807) is 5.70 Å². The quantitative estimate of drug-likeness (QED) is 0.334. The molecule has 192 valence electrons. The Morgan fingerprint density at radius 2 is 0.914 bits per heavy atom. The van der Waals surface area contributed by atoms with Crippen molar-refractivity contribution in [2.75, 3.05) is 33.0 Å². The maximum atomic E-state index is 11.2. The van der Waals surface area contributed by atoms with E-state index in [4.69, 9.17) is 22.1 Å².